The third-order valence-corrected chi connectivity index (χ3v) is 4.15. The number of nitrogens with zero attached hydrogens (tertiary/aromatic N) is 1. The Morgan fingerprint density at radius 2 is 2.16 bits per heavy atom. The molecule has 1 heterocycles. The van der Waals surface area contributed by atoms with Crippen LogP contribution in [0, 0.1) is 5.92 Å². The van der Waals surface area contributed by atoms with Gasteiger partial charge in [0.15, 0.2) is 0 Å². The highest BCUT2D eigenvalue weighted by Crippen LogP contribution is 2.36. The smallest absolute Gasteiger partial charge is 0.254 e. The zero-order valence-electron chi connectivity index (χ0n) is 10.4. The number of rotatable bonds is 2. The van der Waals surface area contributed by atoms with Crippen LogP contribution in [-0.4, -0.2) is 35.8 Å². The van der Waals surface area contributed by atoms with Gasteiger partial charge >= 0.3 is 0 Å². The van der Waals surface area contributed by atoms with Crippen LogP contribution in [0.15, 0.2) is 28.7 Å². The Morgan fingerprint density at radius 3 is 2.84 bits per heavy atom. The molecular formula is C14H15BrN2O2. The molecule has 1 atom stereocenters. The molecule has 5 heteroatoms. The summed E-state index contributed by atoms with van der Waals surface area (Å²) in [5.41, 5.74) is 0.634. The van der Waals surface area contributed by atoms with Gasteiger partial charge in [-0.25, -0.2) is 0 Å². The molecule has 1 aromatic rings. The SMILES string of the molecule is O=C1NCCN(C(=O)c2cccc(Br)c2)C1C1CC1. The predicted octanol–water partition coefficient (Wildman–Crippen LogP) is 1.80. The normalized spacial score (nSPS) is 23.1. The van der Waals surface area contributed by atoms with Crippen molar-refractivity contribution in [2.45, 2.75) is 18.9 Å². The van der Waals surface area contributed by atoms with Gasteiger partial charge < -0.3 is 10.2 Å². The lowest BCUT2D eigenvalue weighted by atomic mass is 10.1. The van der Waals surface area contributed by atoms with Crippen LogP contribution in [-0.2, 0) is 4.79 Å². The molecule has 2 fully saturated rings. The molecule has 2 amide bonds. The van der Waals surface area contributed by atoms with Crippen molar-refractivity contribution in [3.8, 4) is 0 Å². The topological polar surface area (TPSA) is 49.4 Å². The van der Waals surface area contributed by atoms with Gasteiger partial charge in [-0.2, -0.15) is 0 Å². The van der Waals surface area contributed by atoms with Crippen molar-refractivity contribution in [2.75, 3.05) is 13.1 Å². The zero-order chi connectivity index (χ0) is 13.4. The van der Waals surface area contributed by atoms with Gasteiger partial charge in [-0.05, 0) is 37.0 Å². The summed E-state index contributed by atoms with van der Waals surface area (Å²) in [5.74, 6) is 0.293. The first-order valence-corrected chi connectivity index (χ1v) is 7.30. The molecule has 19 heavy (non-hydrogen) atoms. The van der Waals surface area contributed by atoms with E-state index in [-0.39, 0.29) is 17.9 Å². The molecule has 1 N–H and O–H groups in total. The molecule has 1 saturated carbocycles. The second-order valence-corrected chi connectivity index (χ2v) is 6.00. The molecule has 0 spiro atoms. The maximum atomic E-state index is 12.6. The summed E-state index contributed by atoms with van der Waals surface area (Å²) >= 11 is 3.37. The van der Waals surface area contributed by atoms with E-state index in [1.165, 1.54) is 0 Å². The first-order valence-electron chi connectivity index (χ1n) is 6.51. The van der Waals surface area contributed by atoms with Crippen LogP contribution in [0.3, 0.4) is 0 Å². The Bertz CT molecular complexity index is 528. The molecule has 4 nitrogen and oxygen atoms in total. The van der Waals surface area contributed by atoms with Crippen molar-refractivity contribution in [1.82, 2.24) is 10.2 Å². The molecule has 3 rings (SSSR count). The maximum Gasteiger partial charge on any atom is 0.254 e. The van der Waals surface area contributed by atoms with Crippen molar-refractivity contribution < 1.29 is 9.59 Å². The van der Waals surface area contributed by atoms with E-state index in [0.29, 0.717) is 24.6 Å². The highest BCUT2D eigenvalue weighted by atomic mass is 79.9. The molecule has 1 aliphatic carbocycles. The molecule has 1 saturated heterocycles. The number of amides is 2. The Hall–Kier alpha value is -1.36. The lowest BCUT2D eigenvalue weighted by Crippen LogP contribution is -2.58. The van der Waals surface area contributed by atoms with Crippen LogP contribution in [0.5, 0.6) is 0 Å². The van der Waals surface area contributed by atoms with Crippen molar-refractivity contribution in [2.24, 2.45) is 5.92 Å². The van der Waals surface area contributed by atoms with Gasteiger partial charge in [0.2, 0.25) is 5.91 Å². The van der Waals surface area contributed by atoms with Gasteiger partial charge in [-0.3, -0.25) is 9.59 Å². The molecule has 1 aliphatic heterocycles. The summed E-state index contributed by atoms with van der Waals surface area (Å²) in [6, 6.07) is 7.05. The third kappa shape index (κ3) is 2.52. The van der Waals surface area contributed by atoms with Crippen LogP contribution in [0.25, 0.3) is 0 Å². The summed E-state index contributed by atoms with van der Waals surface area (Å²) in [7, 11) is 0. The van der Waals surface area contributed by atoms with Crippen LogP contribution < -0.4 is 5.32 Å². The molecule has 100 valence electrons. The number of piperazine rings is 1. The molecule has 2 aliphatic rings. The van der Waals surface area contributed by atoms with E-state index in [1.54, 1.807) is 17.0 Å². The van der Waals surface area contributed by atoms with Gasteiger partial charge in [0.1, 0.15) is 6.04 Å². The fourth-order valence-electron chi connectivity index (χ4n) is 2.58. The molecular weight excluding hydrogens is 308 g/mol. The van der Waals surface area contributed by atoms with Crippen LogP contribution in [0.1, 0.15) is 23.2 Å². The molecule has 0 aromatic heterocycles. The third-order valence-electron chi connectivity index (χ3n) is 3.66. The van der Waals surface area contributed by atoms with Crippen molar-refractivity contribution in [3.63, 3.8) is 0 Å². The number of nitrogens with one attached hydrogen (secondary N) is 1. The summed E-state index contributed by atoms with van der Waals surface area (Å²) in [5, 5.41) is 2.86. The van der Waals surface area contributed by atoms with E-state index >= 15 is 0 Å². The summed E-state index contributed by atoms with van der Waals surface area (Å²) < 4.78 is 0.878. The molecule has 0 radical (unpaired) electrons. The second kappa shape index (κ2) is 4.96. The summed E-state index contributed by atoms with van der Waals surface area (Å²) in [6.45, 7) is 1.14. The number of carbonyl (C=O) groups is 2. The largest absolute Gasteiger partial charge is 0.353 e. The van der Waals surface area contributed by atoms with Crippen LogP contribution >= 0.6 is 15.9 Å². The summed E-state index contributed by atoms with van der Waals surface area (Å²) in [6.07, 6.45) is 2.08. The standard InChI is InChI=1S/C14H15BrN2O2/c15-11-3-1-2-10(8-11)14(19)17-7-6-16-13(18)12(17)9-4-5-9/h1-3,8-9,12H,4-7H2,(H,16,18). The highest BCUT2D eigenvalue weighted by molar-refractivity contribution is 9.10. The Balaban J connectivity index is 1.86. The highest BCUT2D eigenvalue weighted by Gasteiger charge is 2.43. The maximum absolute atomic E-state index is 12.6. The fraction of sp³-hybridized carbons (Fsp3) is 0.429. The van der Waals surface area contributed by atoms with Gasteiger partial charge in [0.25, 0.3) is 5.91 Å². The lowest BCUT2D eigenvalue weighted by Gasteiger charge is -2.35. The average molecular weight is 323 g/mol. The fourth-order valence-corrected chi connectivity index (χ4v) is 2.98. The van der Waals surface area contributed by atoms with Crippen LogP contribution in [0.2, 0.25) is 0 Å². The first kappa shape index (κ1) is 12.7. The molecule has 1 aromatic carbocycles. The Morgan fingerprint density at radius 1 is 1.37 bits per heavy atom. The Labute approximate surface area is 120 Å². The van der Waals surface area contributed by atoms with E-state index in [9.17, 15) is 9.59 Å². The molecule has 0 bridgehead atoms. The predicted molar refractivity (Wildman–Crippen MR) is 74.7 cm³/mol. The van der Waals surface area contributed by atoms with Crippen molar-refractivity contribution in [3.05, 3.63) is 34.3 Å². The monoisotopic (exact) mass is 322 g/mol. The first-order chi connectivity index (χ1) is 9.16. The van der Waals surface area contributed by atoms with Gasteiger partial charge in [-0.15, -0.1) is 0 Å². The number of hydrogen-bond donors (Lipinski definition) is 1. The minimum absolute atomic E-state index is 0.00269. The van der Waals surface area contributed by atoms with E-state index in [0.717, 1.165) is 17.3 Å². The number of hydrogen-bond acceptors (Lipinski definition) is 2. The van der Waals surface area contributed by atoms with E-state index < -0.39 is 0 Å². The quantitative estimate of drug-likeness (QED) is 0.902. The number of benzene rings is 1. The lowest BCUT2D eigenvalue weighted by molar-refractivity contribution is -0.128. The summed E-state index contributed by atoms with van der Waals surface area (Å²) in [4.78, 5) is 26.3. The van der Waals surface area contributed by atoms with Crippen molar-refractivity contribution >= 4 is 27.7 Å². The number of carbonyl (C=O) groups excluding carboxylic acids is 2. The van der Waals surface area contributed by atoms with Gasteiger partial charge in [0.05, 0.1) is 0 Å². The van der Waals surface area contributed by atoms with E-state index in [4.69, 9.17) is 0 Å². The minimum Gasteiger partial charge on any atom is -0.353 e. The van der Waals surface area contributed by atoms with Crippen LogP contribution in [0.4, 0.5) is 0 Å². The zero-order valence-corrected chi connectivity index (χ0v) is 12.0. The second-order valence-electron chi connectivity index (χ2n) is 5.08. The van der Waals surface area contributed by atoms with E-state index in [2.05, 4.69) is 21.2 Å². The average Bonchev–Trinajstić information content (AvgIpc) is 3.22. The van der Waals surface area contributed by atoms with Gasteiger partial charge in [-0.1, -0.05) is 22.0 Å². The van der Waals surface area contributed by atoms with Gasteiger partial charge in [0, 0.05) is 23.1 Å². The molecule has 1 unspecified atom stereocenters. The Kier molecular flexibility index (Phi) is 3.31. The minimum atomic E-state index is -0.278. The van der Waals surface area contributed by atoms with E-state index in [1.807, 2.05) is 12.1 Å². The number of halogens is 1. The van der Waals surface area contributed by atoms with Crippen molar-refractivity contribution in [1.29, 1.82) is 0 Å².